The van der Waals surface area contributed by atoms with Crippen molar-refractivity contribution < 1.29 is 19.4 Å². The van der Waals surface area contributed by atoms with Crippen LogP contribution in [0, 0.1) is 5.92 Å². The van der Waals surface area contributed by atoms with Gasteiger partial charge in [-0.15, -0.1) is 0 Å². The first kappa shape index (κ1) is 21.1. The summed E-state index contributed by atoms with van der Waals surface area (Å²) in [4.78, 5) is 15.1. The molecule has 1 aliphatic heterocycles. The SMILES string of the molecule is COC[C@@H](O)CNCC(=O)N1CCc2ccc(OC)cc2C1C1CCCCC1. The highest BCUT2D eigenvalue weighted by Gasteiger charge is 2.36. The summed E-state index contributed by atoms with van der Waals surface area (Å²) >= 11 is 0. The predicted octanol–water partition coefficient (Wildman–Crippen LogP) is 2.30. The molecule has 1 saturated carbocycles. The van der Waals surface area contributed by atoms with Crippen LogP contribution in [0.15, 0.2) is 18.2 Å². The number of aliphatic hydroxyl groups excluding tert-OH is 1. The molecule has 2 aliphatic rings. The summed E-state index contributed by atoms with van der Waals surface area (Å²) in [6.07, 6.45) is 6.39. The van der Waals surface area contributed by atoms with Gasteiger partial charge in [-0.2, -0.15) is 0 Å². The zero-order chi connectivity index (χ0) is 19.9. The minimum absolute atomic E-state index is 0.105. The minimum atomic E-state index is -0.599. The van der Waals surface area contributed by atoms with Gasteiger partial charge in [-0.3, -0.25) is 4.79 Å². The monoisotopic (exact) mass is 390 g/mol. The Morgan fingerprint density at radius 2 is 2.07 bits per heavy atom. The van der Waals surface area contributed by atoms with Crippen molar-refractivity contribution in [2.24, 2.45) is 5.92 Å². The second-order valence-electron chi connectivity index (χ2n) is 7.98. The maximum absolute atomic E-state index is 13.1. The van der Waals surface area contributed by atoms with E-state index in [4.69, 9.17) is 9.47 Å². The molecule has 0 bridgehead atoms. The van der Waals surface area contributed by atoms with E-state index in [-0.39, 0.29) is 25.1 Å². The van der Waals surface area contributed by atoms with Crippen LogP contribution in [0.5, 0.6) is 5.75 Å². The minimum Gasteiger partial charge on any atom is -0.497 e. The summed E-state index contributed by atoms with van der Waals surface area (Å²) < 4.78 is 10.4. The number of amides is 1. The quantitative estimate of drug-likeness (QED) is 0.713. The molecule has 1 heterocycles. The molecule has 6 heteroatoms. The average Bonchev–Trinajstić information content (AvgIpc) is 2.73. The van der Waals surface area contributed by atoms with Gasteiger partial charge in [0.15, 0.2) is 0 Å². The lowest BCUT2D eigenvalue weighted by atomic mass is 9.77. The summed E-state index contributed by atoms with van der Waals surface area (Å²) in [5.41, 5.74) is 2.59. The lowest BCUT2D eigenvalue weighted by Gasteiger charge is -2.43. The molecule has 156 valence electrons. The van der Waals surface area contributed by atoms with Crippen LogP contribution in [0.4, 0.5) is 0 Å². The molecule has 0 saturated heterocycles. The fourth-order valence-electron chi connectivity index (χ4n) is 4.69. The van der Waals surface area contributed by atoms with Crippen molar-refractivity contribution in [1.82, 2.24) is 10.2 Å². The van der Waals surface area contributed by atoms with Gasteiger partial charge in [0.25, 0.3) is 0 Å². The molecule has 2 N–H and O–H groups in total. The lowest BCUT2D eigenvalue weighted by molar-refractivity contribution is -0.135. The Balaban J connectivity index is 1.75. The van der Waals surface area contributed by atoms with Gasteiger partial charge >= 0.3 is 0 Å². The first-order chi connectivity index (χ1) is 13.6. The van der Waals surface area contributed by atoms with Crippen LogP contribution in [0.25, 0.3) is 0 Å². The van der Waals surface area contributed by atoms with Crippen LogP contribution >= 0.6 is 0 Å². The van der Waals surface area contributed by atoms with E-state index in [0.717, 1.165) is 18.7 Å². The number of carbonyl (C=O) groups excluding carboxylic acids is 1. The average molecular weight is 391 g/mol. The summed E-state index contributed by atoms with van der Waals surface area (Å²) in [7, 11) is 3.25. The van der Waals surface area contributed by atoms with Gasteiger partial charge in [0.2, 0.25) is 5.91 Å². The highest BCUT2D eigenvalue weighted by Crippen LogP contribution is 2.43. The summed E-state index contributed by atoms with van der Waals surface area (Å²) in [5, 5.41) is 12.9. The number of carbonyl (C=O) groups is 1. The van der Waals surface area contributed by atoms with Gasteiger partial charge < -0.3 is 24.8 Å². The number of hydrogen-bond acceptors (Lipinski definition) is 5. The van der Waals surface area contributed by atoms with E-state index in [2.05, 4.69) is 22.3 Å². The number of aliphatic hydroxyl groups is 1. The standard InChI is InChI=1S/C22H34N2O4/c1-27-15-18(25)13-23-14-21(26)24-11-10-16-8-9-19(28-2)12-20(16)22(24)17-6-4-3-5-7-17/h8-9,12,17-18,22-23,25H,3-7,10-11,13-15H2,1-2H3/t18-,22?/m0/s1. The van der Waals surface area contributed by atoms with E-state index in [9.17, 15) is 9.90 Å². The van der Waals surface area contributed by atoms with Crippen LogP contribution < -0.4 is 10.1 Å². The van der Waals surface area contributed by atoms with E-state index in [0.29, 0.717) is 12.5 Å². The maximum Gasteiger partial charge on any atom is 0.237 e. The Kier molecular flexibility index (Phi) is 7.71. The molecule has 28 heavy (non-hydrogen) atoms. The van der Waals surface area contributed by atoms with Crippen molar-refractivity contribution in [1.29, 1.82) is 0 Å². The molecule has 1 amide bonds. The molecule has 0 aromatic heterocycles. The Bertz CT molecular complexity index is 645. The molecule has 1 aliphatic carbocycles. The number of methoxy groups -OCH3 is 2. The van der Waals surface area contributed by atoms with Crippen molar-refractivity contribution in [3.63, 3.8) is 0 Å². The number of fused-ring (bicyclic) bond motifs is 1. The van der Waals surface area contributed by atoms with Gasteiger partial charge in [-0.1, -0.05) is 25.3 Å². The fraction of sp³-hybridized carbons (Fsp3) is 0.682. The summed E-state index contributed by atoms with van der Waals surface area (Å²) in [6, 6.07) is 6.43. The first-order valence-corrected chi connectivity index (χ1v) is 10.5. The molecule has 3 rings (SSSR count). The molecule has 0 spiro atoms. The second kappa shape index (κ2) is 10.2. The van der Waals surface area contributed by atoms with Crippen molar-refractivity contribution in [2.45, 2.75) is 50.7 Å². The molecule has 1 fully saturated rings. The molecule has 2 atom stereocenters. The second-order valence-corrected chi connectivity index (χ2v) is 7.98. The largest absolute Gasteiger partial charge is 0.497 e. The highest BCUT2D eigenvalue weighted by molar-refractivity contribution is 5.79. The Hall–Kier alpha value is -1.63. The Morgan fingerprint density at radius 3 is 2.79 bits per heavy atom. The van der Waals surface area contributed by atoms with Crippen LogP contribution in [-0.4, -0.2) is 62.5 Å². The van der Waals surface area contributed by atoms with E-state index in [1.54, 1.807) is 14.2 Å². The molecular weight excluding hydrogens is 356 g/mol. The van der Waals surface area contributed by atoms with Crippen LogP contribution in [0.3, 0.4) is 0 Å². The van der Waals surface area contributed by atoms with Crippen LogP contribution in [-0.2, 0) is 16.0 Å². The number of nitrogens with zero attached hydrogens (tertiary/aromatic N) is 1. The molecule has 1 aromatic carbocycles. The smallest absolute Gasteiger partial charge is 0.237 e. The number of hydrogen-bond donors (Lipinski definition) is 2. The summed E-state index contributed by atoms with van der Waals surface area (Å²) in [6.45, 7) is 1.61. The number of rotatable bonds is 8. The van der Waals surface area contributed by atoms with Crippen LogP contribution in [0.2, 0.25) is 0 Å². The van der Waals surface area contributed by atoms with Crippen molar-refractivity contribution >= 4 is 5.91 Å². The number of benzene rings is 1. The number of ether oxygens (including phenoxy) is 2. The first-order valence-electron chi connectivity index (χ1n) is 10.5. The van der Waals surface area contributed by atoms with Gasteiger partial charge in [-0.05, 0) is 48.4 Å². The van der Waals surface area contributed by atoms with Gasteiger partial charge in [0, 0.05) is 20.2 Å². The molecule has 6 nitrogen and oxygen atoms in total. The molecule has 1 unspecified atom stereocenters. The maximum atomic E-state index is 13.1. The van der Waals surface area contributed by atoms with E-state index >= 15 is 0 Å². The van der Waals surface area contributed by atoms with Crippen molar-refractivity contribution in [3.8, 4) is 5.75 Å². The molecule has 1 aromatic rings. The predicted molar refractivity (Wildman–Crippen MR) is 108 cm³/mol. The zero-order valence-electron chi connectivity index (χ0n) is 17.2. The number of nitrogens with one attached hydrogen (secondary N) is 1. The van der Waals surface area contributed by atoms with Gasteiger partial charge in [0.1, 0.15) is 5.75 Å². The molecule has 0 radical (unpaired) electrons. The third-order valence-corrected chi connectivity index (χ3v) is 6.06. The third kappa shape index (κ3) is 5.04. The normalized spacial score (nSPS) is 21.2. The topological polar surface area (TPSA) is 71.0 Å². The van der Waals surface area contributed by atoms with Crippen LogP contribution in [0.1, 0.15) is 49.3 Å². The Morgan fingerprint density at radius 1 is 1.29 bits per heavy atom. The lowest BCUT2D eigenvalue weighted by Crippen LogP contribution is -2.47. The highest BCUT2D eigenvalue weighted by atomic mass is 16.5. The van der Waals surface area contributed by atoms with E-state index in [1.807, 2.05) is 6.07 Å². The van der Waals surface area contributed by atoms with Crippen molar-refractivity contribution in [2.75, 3.05) is 40.5 Å². The van der Waals surface area contributed by atoms with Gasteiger partial charge in [-0.25, -0.2) is 0 Å². The van der Waals surface area contributed by atoms with Crippen molar-refractivity contribution in [3.05, 3.63) is 29.3 Å². The van der Waals surface area contributed by atoms with Gasteiger partial charge in [0.05, 0.1) is 32.4 Å². The summed E-state index contributed by atoms with van der Waals surface area (Å²) in [5.74, 6) is 1.46. The Labute approximate surface area is 168 Å². The zero-order valence-corrected chi connectivity index (χ0v) is 17.2. The fourth-order valence-corrected chi connectivity index (χ4v) is 4.69. The van der Waals surface area contributed by atoms with E-state index in [1.165, 1.54) is 43.2 Å². The third-order valence-electron chi connectivity index (χ3n) is 6.06. The van der Waals surface area contributed by atoms with E-state index < -0.39 is 6.10 Å². The molecular formula is C22H34N2O4.